The molecule has 2 N–H and O–H groups in total. The standard InChI is InChI=1S/C9H10BrClN2O/c1-2-12-9(14)13-8-4-3-6(11)5-7(8)10/h3-5H,2H2,1H3,(H2,12,13,14). The first kappa shape index (κ1) is 11.3. The summed E-state index contributed by atoms with van der Waals surface area (Å²) in [5, 5.41) is 5.94. The Morgan fingerprint density at radius 3 is 2.86 bits per heavy atom. The molecule has 0 saturated heterocycles. The predicted molar refractivity (Wildman–Crippen MR) is 61.8 cm³/mol. The molecule has 14 heavy (non-hydrogen) atoms. The molecule has 0 fully saturated rings. The van der Waals surface area contributed by atoms with E-state index in [0.717, 1.165) is 4.47 Å². The fourth-order valence-electron chi connectivity index (χ4n) is 0.918. The first-order chi connectivity index (χ1) is 6.63. The van der Waals surface area contributed by atoms with Crippen molar-refractivity contribution in [2.75, 3.05) is 11.9 Å². The fourth-order valence-corrected chi connectivity index (χ4v) is 1.70. The second-order valence-corrected chi connectivity index (χ2v) is 3.90. The van der Waals surface area contributed by atoms with Gasteiger partial charge in [-0.25, -0.2) is 4.79 Å². The zero-order valence-corrected chi connectivity index (χ0v) is 9.95. The lowest BCUT2D eigenvalue weighted by atomic mass is 10.3. The van der Waals surface area contributed by atoms with Crippen molar-refractivity contribution in [3.8, 4) is 0 Å². The molecular formula is C9H10BrClN2O. The van der Waals surface area contributed by atoms with E-state index in [1.54, 1.807) is 18.2 Å². The van der Waals surface area contributed by atoms with Gasteiger partial charge >= 0.3 is 6.03 Å². The molecule has 0 radical (unpaired) electrons. The van der Waals surface area contributed by atoms with Gasteiger partial charge in [0.2, 0.25) is 0 Å². The summed E-state index contributed by atoms with van der Waals surface area (Å²) in [7, 11) is 0. The molecule has 1 aromatic rings. The molecule has 1 rings (SSSR count). The van der Waals surface area contributed by atoms with Crippen molar-refractivity contribution in [2.45, 2.75) is 6.92 Å². The highest BCUT2D eigenvalue weighted by Crippen LogP contribution is 2.25. The predicted octanol–water partition coefficient (Wildman–Crippen LogP) is 3.24. The fraction of sp³-hybridized carbons (Fsp3) is 0.222. The average Bonchev–Trinajstić information content (AvgIpc) is 2.10. The Morgan fingerprint density at radius 1 is 1.57 bits per heavy atom. The maximum Gasteiger partial charge on any atom is 0.319 e. The molecule has 0 atom stereocenters. The number of hydrogen-bond donors (Lipinski definition) is 2. The highest BCUT2D eigenvalue weighted by atomic mass is 79.9. The van der Waals surface area contributed by atoms with E-state index >= 15 is 0 Å². The summed E-state index contributed by atoms with van der Waals surface area (Å²) in [6, 6.07) is 4.95. The monoisotopic (exact) mass is 276 g/mol. The number of rotatable bonds is 2. The van der Waals surface area contributed by atoms with Crippen LogP contribution in [0.4, 0.5) is 10.5 Å². The molecule has 0 aliphatic heterocycles. The quantitative estimate of drug-likeness (QED) is 0.856. The number of anilines is 1. The molecule has 0 aliphatic carbocycles. The molecule has 76 valence electrons. The Bertz CT molecular complexity index is 344. The van der Waals surface area contributed by atoms with Crippen molar-refractivity contribution in [2.24, 2.45) is 0 Å². The molecule has 2 amide bonds. The lowest BCUT2D eigenvalue weighted by molar-refractivity contribution is 0.252. The third kappa shape index (κ3) is 3.20. The first-order valence-corrected chi connectivity index (χ1v) is 5.30. The Kier molecular flexibility index (Phi) is 4.22. The summed E-state index contributed by atoms with van der Waals surface area (Å²) in [5.74, 6) is 0. The van der Waals surface area contributed by atoms with E-state index in [1.807, 2.05) is 6.92 Å². The summed E-state index contributed by atoms with van der Waals surface area (Å²) < 4.78 is 0.760. The van der Waals surface area contributed by atoms with Crippen molar-refractivity contribution in [1.29, 1.82) is 0 Å². The Balaban J connectivity index is 2.72. The molecule has 5 heteroatoms. The van der Waals surface area contributed by atoms with Crippen LogP contribution in [0, 0.1) is 0 Å². The van der Waals surface area contributed by atoms with Gasteiger partial charge in [0.15, 0.2) is 0 Å². The maximum absolute atomic E-state index is 11.2. The van der Waals surface area contributed by atoms with Gasteiger partial charge in [0.05, 0.1) is 5.69 Å². The lowest BCUT2D eigenvalue weighted by Gasteiger charge is -2.07. The summed E-state index contributed by atoms with van der Waals surface area (Å²) in [5.41, 5.74) is 0.695. The molecule has 0 bridgehead atoms. The minimum atomic E-state index is -0.226. The molecule has 3 nitrogen and oxygen atoms in total. The number of amides is 2. The summed E-state index contributed by atoms with van der Waals surface area (Å²) in [4.78, 5) is 11.2. The second-order valence-electron chi connectivity index (χ2n) is 2.61. The normalized spacial score (nSPS) is 9.64. The SMILES string of the molecule is CCNC(=O)Nc1ccc(Cl)cc1Br. The Labute approximate surface area is 96.0 Å². The number of carbonyl (C=O) groups is 1. The molecule has 0 spiro atoms. The van der Waals surface area contributed by atoms with Gasteiger partial charge in [-0.3, -0.25) is 0 Å². The van der Waals surface area contributed by atoms with Crippen LogP contribution in [-0.2, 0) is 0 Å². The van der Waals surface area contributed by atoms with E-state index < -0.39 is 0 Å². The van der Waals surface area contributed by atoms with E-state index in [9.17, 15) is 4.79 Å². The molecule has 0 aromatic heterocycles. The van der Waals surface area contributed by atoms with Crippen molar-refractivity contribution in [1.82, 2.24) is 5.32 Å². The molecule has 1 aromatic carbocycles. The second kappa shape index (κ2) is 5.22. The number of nitrogens with one attached hydrogen (secondary N) is 2. The Morgan fingerprint density at radius 2 is 2.29 bits per heavy atom. The van der Waals surface area contributed by atoms with Crippen LogP contribution in [0.15, 0.2) is 22.7 Å². The van der Waals surface area contributed by atoms with E-state index in [2.05, 4.69) is 26.6 Å². The van der Waals surface area contributed by atoms with Crippen LogP contribution in [0.1, 0.15) is 6.92 Å². The van der Waals surface area contributed by atoms with Gasteiger partial charge in [0.25, 0.3) is 0 Å². The molecular weight excluding hydrogens is 267 g/mol. The minimum absolute atomic E-state index is 0.226. The minimum Gasteiger partial charge on any atom is -0.338 e. The van der Waals surface area contributed by atoms with Crippen LogP contribution in [0.5, 0.6) is 0 Å². The largest absolute Gasteiger partial charge is 0.338 e. The maximum atomic E-state index is 11.2. The van der Waals surface area contributed by atoms with Crippen molar-refractivity contribution < 1.29 is 4.79 Å². The highest BCUT2D eigenvalue weighted by molar-refractivity contribution is 9.10. The van der Waals surface area contributed by atoms with Gasteiger partial charge in [-0.2, -0.15) is 0 Å². The smallest absolute Gasteiger partial charge is 0.319 e. The van der Waals surface area contributed by atoms with Crippen molar-refractivity contribution >= 4 is 39.2 Å². The van der Waals surface area contributed by atoms with Gasteiger partial charge in [-0.1, -0.05) is 11.6 Å². The van der Waals surface area contributed by atoms with E-state index in [-0.39, 0.29) is 6.03 Å². The molecule has 0 aliphatic rings. The number of carbonyl (C=O) groups excluding carboxylic acids is 1. The van der Waals surface area contributed by atoms with Crippen LogP contribution in [-0.4, -0.2) is 12.6 Å². The molecule has 0 saturated carbocycles. The van der Waals surface area contributed by atoms with Crippen LogP contribution in [0.25, 0.3) is 0 Å². The van der Waals surface area contributed by atoms with Crippen LogP contribution >= 0.6 is 27.5 Å². The average molecular weight is 278 g/mol. The van der Waals surface area contributed by atoms with Crippen LogP contribution in [0.2, 0.25) is 5.02 Å². The number of benzene rings is 1. The zero-order chi connectivity index (χ0) is 10.6. The van der Waals surface area contributed by atoms with Gasteiger partial charge in [0.1, 0.15) is 0 Å². The van der Waals surface area contributed by atoms with Crippen molar-refractivity contribution in [3.05, 3.63) is 27.7 Å². The third-order valence-corrected chi connectivity index (χ3v) is 2.41. The van der Waals surface area contributed by atoms with Crippen molar-refractivity contribution in [3.63, 3.8) is 0 Å². The first-order valence-electron chi connectivity index (χ1n) is 4.13. The van der Waals surface area contributed by atoms with Gasteiger partial charge in [0, 0.05) is 16.0 Å². The summed E-state index contributed by atoms with van der Waals surface area (Å²) in [6.07, 6.45) is 0. The van der Waals surface area contributed by atoms with Gasteiger partial charge < -0.3 is 10.6 Å². The number of halogens is 2. The van der Waals surface area contributed by atoms with Gasteiger partial charge in [-0.05, 0) is 41.1 Å². The zero-order valence-electron chi connectivity index (χ0n) is 7.60. The lowest BCUT2D eigenvalue weighted by Crippen LogP contribution is -2.28. The summed E-state index contributed by atoms with van der Waals surface area (Å²) >= 11 is 9.06. The summed E-state index contributed by atoms with van der Waals surface area (Å²) in [6.45, 7) is 2.45. The van der Waals surface area contributed by atoms with Gasteiger partial charge in [-0.15, -0.1) is 0 Å². The van der Waals surface area contributed by atoms with Crippen LogP contribution in [0.3, 0.4) is 0 Å². The topological polar surface area (TPSA) is 41.1 Å². The van der Waals surface area contributed by atoms with E-state index in [0.29, 0.717) is 17.3 Å². The van der Waals surface area contributed by atoms with E-state index in [4.69, 9.17) is 11.6 Å². The molecule has 0 unspecified atom stereocenters. The highest BCUT2D eigenvalue weighted by Gasteiger charge is 2.03. The third-order valence-electron chi connectivity index (χ3n) is 1.52. The van der Waals surface area contributed by atoms with Crippen LogP contribution < -0.4 is 10.6 Å². The Hall–Kier alpha value is -0.740. The number of urea groups is 1. The molecule has 0 heterocycles. The number of hydrogen-bond acceptors (Lipinski definition) is 1. The van der Waals surface area contributed by atoms with E-state index in [1.165, 1.54) is 0 Å².